The van der Waals surface area contributed by atoms with E-state index >= 15 is 0 Å². The first-order chi connectivity index (χ1) is 13.6. The van der Waals surface area contributed by atoms with Crippen molar-refractivity contribution in [2.75, 3.05) is 0 Å². The Morgan fingerprint density at radius 3 is 2.38 bits per heavy atom. The third-order valence-electron chi connectivity index (χ3n) is 11.1. The molecule has 1 nitrogen and oxygen atoms in total. The molecule has 4 rings (SSSR count). The minimum Gasteiger partial charge on any atom is -0.393 e. The Morgan fingerprint density at radius 1 is 0.931 bits per heavy atom. The van der Waals surface area contributed by atoms with E-state index < -0.39 is 0 Å². The van der Waals surface area contributed by atoms with Crippen LogP contribution in [-0.4, -0.2) is 11.2 Å². The van der Waals surface area contributed by atoms with Crippen LogP contribution < -0.4 is 0 Å². The Labute approximate surface area is 181 Å². The molecule has 4 aliphatic rings. The molecule has 3 fully saturated rings. The van der Waals surface area contributed by atoms with Crippen LogP contribution in [0.2, 0.25) is 0 Å². The summed E-state index contributed by atoms with van der Waals surface area (Å²) in [5.74, 6) is 4.36. The average Bonchev–Trinajstić information content (AvgIpc) is 2.93. The average molecular weight is 401 g/mol. The Hall–Kier alpha value is -0.300. The zero-order valence-corrected chi connectivity index (χ0v) is 20.3. The van der Waals surface area contributed by atoms with Gasteiger partial charge in [0, 0.05) is 0 Å². The summed E-state index contributed by atoms with van der Waals surface area (Å²) in [6, 6.07) is 0. The van der Waals surface area contributed by atoms with E-state index in [9.17, 15) is 5.11 Å². The number of hydrogen-bond donors (Lipinski definition) is 1. The van der Waals surface area contributed by atoms with Crippen molar-refractivity contribution in [1.82, 2.24) is 0 Å². The molecule has 0 aliphatic heterocycles. The smallest absolute Gasteiger partial charge is 0.0577 e. The molecule has 0 saturated heterocycles. The molecule has 1 unspecified atom stereocenters. The van der Waals surface area contributed by atoms with Crippen LogP contribution in [0.1, 0.15) is 112 Å². The number of hydrogen-bond acceptors (Lipinski definition) is 1. The normalized spacial score (nSPS) is 47.9. The molecule has 0 heterocycles. The fourth-order valence-electron chi connectivity index (χ4n) is 9.04. The molecule has 0 radical (unpaired) electrons. The molecule has 1 N–H and O–H groups in total. The fraction of sp³-hybridized carbons (Fsp3) is 0.929. The maximum Gasteiger partial charge on any atom is 0.0577 e. The van der Waals surface area contributed by atoms with E-state index in [-0.39, 0.29) is 6.10 Å². The molecule has 0 bridgehead atoms. The van der Waals surface area contributed by atoms with Crippen molar-refractivity contribution in [3.05, 3.63) is 11.6 Å². The first-order valence-corrected chi connectivity index (χ1v) is 13.0. The number of fused-ring (bicyclic) bond motifs is 5. The molecule has 29 heavy (non-hydrogen) atoms. The number of allylic oxidation sites excluding steroid dienone is 1. The molecule has 0 aromatic carbocycles. The van der Waals surface area contributed by atoms with E-state index in [4.69, 9.17) is 0 Å². The number of rotatable bonds is 5. The summed E-state index contributed by atoms with van der Waals surface area (Å²) in [4.78, 5) is 0. The topological polar surface area (TPSA) is 20.2 Å². The zero-order valence-electron chi connectivity index (χ0n) is 20.3. The molecular weight excluding hydrogens is 352 g/mol. The van der Waals surface area contributed by atoms with Gasteiger partial charge in [-0.2, -0.15) is 0 Å². The second-order valence-corrected chi connectivity index (χ2v) is 12.8. The largest absolute Gasteiger partial charge is 0.393 e. The van der Waals surface area contributed by atoms with Gasteiger partial charge < -0.3 is 5.11 Å². The maximum absolute atomic E-state index is 10.3. The van der Waals surface area contributed by atoms with E-state index in [1.165, 1.54) is 57.8 Å². The quantitative estimate of drug-likeness (QED) is 0.467. The van der Waals surface area contributed by atoms with E-state index in [0.29, 0.717) is 16.2 Å². The van der Waals surface area contributed by atoms with Crippen molar-refractivity contribution in [1.29, 1.82) is 0 Å². The Balaban J connectivity index is 1.55. The van der Waals surface area contributed by atoms with Crippen molar-refractivity contribution in [3.8, 4) is 0 Å². The van der Waals surface area contributed by atoms with Crippen molar-refractivity contribution >= 4 is 0 Å². The minimum absolute atomic E-state index is 0.0853. The summed E-state index contributed by atoms with van der Waals surface area (Å²) < 4.78 is 0. The first-order valence-electron chi connectivity index (χ1n) is 13.0. The van der Waals surface area contributed by atoms with E-state index in [1.54, 1.807) is 5.57 Å². The molecule has 4 aliphatic carbocycles. The predicted molar refractivity (Wildman–Crippen MR) is 124 cm³/mol. The van der Waals surface area contributed by atoms with Crippen LogP contribution in [0.15, 0.2) is 11.6 Å². The van der Waals surface area contributed by atoms with Crippen LogP contribution >= 0.6 is 0 Å². The first kappa shape index (κ1) is 21.9. The lowest BCUT2D eigenvalue weighted by atomic mass is 9.42. The highest BCUT2D eigenvalue weighted by Crippen LogP contribution is 2.72. The van der Waals surface area contributed by atoms with Crippen LogP contribution in [-0.2, 0) is 0 Å². The summed E-state index contributed by atoms with van der Waals surface area (Å²) in [7, 11) is 0. The second kappa shape index (κ2) is 7.68. The van der Waals surface area contributed by atoms with Gasteiger partial charge >= 0.3 is 0 Å². The van der Waals surface area contributed by atoms with Crippen LogP contribution in [0.25, 0.3) is 0 Å². The fourth-order valence-corrected chi connectivity index (χ4v) is 9.04. The van der Waals surface area contributed by atoms with Crippen molar-refractivity contribution in [2.45, 2.75) is 118 Å². The van der Waals surface area contributed by atoms with Gasteiger partial charge in [0.2, 0.25) is 0 Å². The van der Waals surface area contributed by atoms with Gasteiger partial charge in [-0.1, -0.05) is 72.5 Å². The third-order valence-corrected chi connectivity index (χ3v) is 11.1. The van der Waals surface area contributed by atoms with Gasteiger partial charge in [-0.05, 0) is 97.2 Å². The number of aliphatic hydroxyl groups excluding tert-OH is 1. The highest BCUT2D eigenvalue weighted by molar-refractivity contribution is 5.27. The third kappa shape index (κ3) is 3.37. The molecule has 8 atom stereocenters. The molecule has 3 saturated carbocycles. The van der Waals surface area contributed by atoms with Crippen LogP contribution in [0.3, 0.4) is 0 Å². The molecule has 1 heteroatoms. The molecular formula is C28H48O. The molecule has 0 aromatic rings. The predicted octanol–water partition coefficient (Wildman–Crippen LogP) is 7.78. The van der Waals surface area contributed by atoms with Crippen LogP contribution in [0.4, 0.5) is 0 Å². The van der Waals surface area contributed by atoms with Gasteiger partial charge in [0.05, 0.1) is 6.10 Å². The standard InChI is InChI=1S/C28H48O/c1-19(2)8-7-9-20(3)23-13-16-28(6)25-11-10-21-18-22(29)12-15-26(21,4)24(25)14-17-27(23,28)5/h10,19-20,22-25,29H,7-9,11-18H2,1-6H3/t20-,22+,23-,24+,25-,26+,27-,28?/m1/s1. The summed E-state index contributed by atoms with van der Waals surface area (Å²) in [6.45, 7) is 15.3. The Morgan fingerprint density at radius 2 is 1.66 bits per heavy atom. The maximum atomic E-state index is 10.3. The van der Waals surface area contributed by atoms with Gasteiger partial charge in [0.15, 0.2) is 0 Å². The lowest BCUT2D eigenvalue weighted by Crippen LogP contribution is -2.55. The second-order valence-electron chi connectivity index (χ2n) is 12.8. The van der Waals surface area contributed by atoms with Crippen molar-refractivity contribution < 1.29 is 5.11 Å². The summed E-state index contributed by atoms with van der Waals surface area (Å²) >= 11 is 0. The molecule has 0 aromatic heterocycles. The highest BCUT2D eigenvalue weighted by Gasteiger charge is 2.64. The lowest BCUT2D eigenvalue weighted by Gasteiger charge is -2.63. The van der Waals surface area contributed by atoms with Crippen molar-refractivity contribution in [2.24, 2.45) is 45.8 Å². The van der Waals surface area contributed by atoms with Crippen LogP contribution in [0.5, 0.6) is 0 Å². The summed E-state index contributed by atoms with van der Waals surface area (Å²) in [5, 5.41) is 10.3. The molecule has 0 spiro atoms. The van der Waals surface area contributed by atoms with Crippen molar-refractivity contribution in [3.63, 3.8) is 0 Å². The Kier molecular flexibility index (Phi) is 5.81. The monoisotopic (exact) mass is 400 g/mol. The zero-order chi connectivity index (χ0) is 21.0. The van der Waals surface area contributed by atoms with E-state index in [0.717, 1.165) is 42.4 Å². The summed E-state index contributed by atoms with van der Waals surface area (Å²) in [6.07, 6.45) is 17.0. The molecule has 0 amide bonds. The Bertz CT molecular complexity index is 634. The SMILES string of the molecule is CC(C)CCC[C@@H](C)[C@H]1CCC2(C)[C@@H]3CC=C4C[C@@H](O)CC[C@]4(C)[C@H]3CC[C@]12C. The van der Waals surface area contributed by atoms with Gasteiger partial charge in [0.1, 0.15) is 0 Å². The summed E-state index contributed by atoms with van der Waals surface area (Å²) in [5.41, 5.74) is 3.02. The van der Waals surface area contributed by atoms with E-state index in [2.05, 4.69) is 47.6 Å². The van der Waals surface area contributed by atoms with Gasteiger partial charge in [-0.3, -0.25) is 0 Å². The number of aliphatic hydroxyl groups is 1. The van der Waals surface area contributed by atoms with Gasteiger partial charge in [0.25, 0.3) is 0 Å². The van der Waals surface area contributed by atoms with Gasteiger partial charge in [-0.15, -0.1) is 0 Å². The highest BCUT2D eigenvalue weighted by atomic mass is 16.3. The molecule has 166 valence electrons. The minimum atomic E-state index is -0.0853. The van der Waals surface area contributed by atoms with Crippen LogP contribution in [0, 0.1) is 45.8 Å². The van der Waals surface area contributed by atoms with Gasteiger partial charge in [-0.25, -0.2) is 0 Å². The lowest BCUT2D eigenvalue weighted by molar-refractivity contribution is -0.114. The van der Waals surface area contributed by atoms with E-state index in [1.807, 2.05) is 0 Å².